The summed E-state index contributed by atoms with van der Waals surface area (Å²) in [5.74, 6) is -0.583. The van der Waals surface area contributed by atoms with Crippen LogP contribution in [-0.4, -0.2) is 21.2 Å². The zero-order valence-electron chi connectivity index (χ0n) is 16.4. The van der Waals surface area contributed by atoms with Crippen molar-refractivity contribution in [2.45, 2.75) is 11.7 Å². The second-order valence-corrected chi connectivity index (χ2v) is 8.61. The summed E-state index contributed by atoms with van der Waals surface area (Å²) in [6.07, 6.45) is 1.63. The predicted octanol–water partition coefficient (Wildman–Crippen LogP) is 5.18. The summed E-state index contributed by atoms with van der Waals surface area (Å²) in [4.78, 5) is 31.7. The third-order valence-corrected chi connectivity index (χ3v) is 6.50. The van der Waals surface area contributed by atoms with E-state index in [0.29, 0.717) is 27.6 Å². The van der Waals surface area contributed by atoms with Crippen LogP contribution in [0.15, 0.2) is 83.3 Å². The smallest absolute Gasteiger partial charge is 0.263 e. The SMILES string of the molecule is C=CCn1c(SCC(=O)Nc2ccc(F)cc2)nc2sc(-c3ccccc3)cc2c1=O. The molecule has 0 aliphatic carbocycles. The lowest BCUT2D eigenvalue weighted by Gasteiger charge is -2.10. The Morgan fingerprint density at radius 3 is 2.65 bits per heavy atom. The van der Waals surface area contributed by atoms with Gasteiger partial charge in [0, 0.05) is 17.1 Å². The fourth-order valence-corrected chi connectivity index (χ4v) is 4.89. The maximum Gasteiger partial charge on any atom is 0.263 e. The molecule has 2 heterocycles. The van der Waals surface area contributed by atoms with E-state index in [0.717, 1.165) is 10.4 Å². The molecule has 0 bridgehead atoms. The number of fused-ring (bicyclic) bond motifs is 1. The molecule has 0 saturated heterocycles. The zero-order chi connectivity index (χ0) is 21.8. The highest BCUT2D eigenvalue weighted by Crippen LogP contribution is 2.32. The molecule has 4 aromatic rings. The van der Waals surface area contributed by atoms with Crippen molar-refractivity contribution in [3.63, 3.8) is 0 Å². The number of amides is 1. The van der Waals surface area contributed by atoms with Gasteiger partial charge in [0.25, 0.3) is 5.56 Å². The molecule has 5 nitrogen and oxygen atoms in total. The normalized spacial score (nSPS) is 10.9. The van der Waals surface area contributed by atoms with E-state index in [4.69, 9.17) is 0 Å². The molecule has 0 unspecified atom stereocenters. The Labute approximate surface area is 186 Å². The van der Waals surface area contributed by atoms with Crippen molar-refractivity contribution in [3.05, 3.63) is 89.5 Å². The number of anilines is 1. The molecule has 2 aromatic carbocycles. The van der Waals surface area contributed by atoms with Gasteiger partial charge in [-0.15, -0.1) is 17.9 Å². The molecule has 4 rings (SSSR count). The number of hydrogen-bond acceptors (Lipinski definition) is 5. The van der Waals surface area contributed by atoms with Gasteiger partial charge in [-0.1, -0.05) is 48.2 Å². The fourth-order valence-electron chi connectivity index (χ4n) is 3.00. The lowest BCUT2D eigenvalue weighted by molar-refractivity contribution is -0.113. The average Bonchev–Trinajstić information content (AvgIpc) is 3.21. The standard InChI is InChI=1S/C23H18FN3O2S2/c1-2-12-27-22(29)18-13-19(15-6-4-3-5-7-15)31-21(18)26-23(27)30-14-20(28)25-17-10-8-16(24)9-11-17/h2-11,13H,1,12,14H2,(H,25,28). The number of nitrogens with zero attached hydrogens (tertiary/aromatic N) is 2. The number of aromatic nitrogens is 2. The minimum atomic E-state index is -0.371. The van der Waals surface area contributed by atoms with Crippen LogP contribution in [0.3, 0.4) is 0 Å². The molecule has 0 aliphatic rings. The second kappa shape index (κ2) is 9.28. The lowest BCUT2D eigenvalue weighted by Crippen LogP contribution is -2.23. The van der Waals surface area contributed by atoms with Crippen LogP contribution in [0.1, 0.15) is 0 Å². The number of carbonyl (C=O) groups excluding carboxylic acids is 1. The number of benzene rings is 2. The summed E-state index contributed by atoms with van der Waals surface area (Å²) in [6.45, 7) is 4.02. The van der Waals surface area contributed by atoms with Gasteiger partial charge >= 0.3 is 0 Å². The molecule has 2 aromatic heterocycles. The van der Waals surface area contributed by atoms with E-state index < -0.39 is 0 Å². The van der Waals surface area contributed by atoms with E-state index in [1.165, 1.54) is 51.9 Å². The summed E-state index contributed by atoms with van der Waals surface area (Å²) in [5.41, 5.74) is 1.36. The van der Waals surface area contributed by atoms with E-state index in [1.807, 2.05) is 36.4 Å². The topological polar surface area (TPSA) is 64.0 Å². The Kier molecular flexibility index (Phi) is 6.29. The summed E-state index contributed by atoms with van der Waals surface area (Å²) in [7, 11) is 0. The van der Waals surface area contributed by atoms with Gasteiger partial charge in [-0.2, -0.15) is 0 Å². The van der Waals surface area contributed by atoms with Crippen molar-refractivity contribution in [2.75, 3.05) is 11.1 Å². The summed E-state index contributed by atoms with van der Waals surface area (Å²) in [6, 6.07) is 17.2. The van der Waals surface area contributed by atoms with E-state index in [2.05, 4.69) is 16.9 Å². The molecular weight excluding hydrogens is 433 g/mol. The van der Waals surface area contributed by atoms with Crippen molar-refractivity contribution >= 4 is 44.9 Å². The molecule has 0 radical (unpaired) electrons. The van der Waals surface area contributed by atoms with E-state index in [1.54, 1.807) is 6.08 Å². The molecule has 1 N–H and O–H groups in total. The first-order valence-electron chi connectivity index (χ1n) is 9.44. The highest BCUT2D eigenvalue weighted by molar-refractivity contribution is 7.99. The van der Waals surface area contributed by atoms with Gasteiger partial charge in [-0.05, 0) is 35.9 Å². The molecule has 0 fully saturated rings. The number of nitrogens with one attached hydrogen (secondary N) is 1. The van der Waals surface area contributed by atoms with Gasteiger partial charge < -0.3 is 5.32 Å². The minimum Gasteiger partial charge on any atom is -0.325 e. The van der Waals surface area contributed by atoms with Crippen LogP contribution >= 0.6 is 23.1 Å². The highest BCUT2D eigenvalue weighted by atomic mass is 32.2. The van der Waals surface area contributed by atoms with Crippen LogP contribution in [-0.2, 0) is 11.3 Å². The van der Waals surface area contributed by atoms with Gasteiger partial charge in [-0.25, -0.2) is 9.37 Å². The molecule has 0 aliphatic heterocycles. The van der Waals surface area contributed by atoms with E-state index in [9.17, 15) is 14.0 Å². The number of thiophene rings is 1. The van der Waals surface area contributed by atoms with Gasteiger partial charge in [0.05, 0.1) is 11.1 Å². The monoisotopic (exact) mass is 451 g/mol. The number of thioether (sulfide) groups is 1. The van der Waals surface area contributed by atoms with Crippen molar-refractivity contribution in [3.8, 4) is 10.4 Å². The molecule has 0 saturated carbocycles. The Hall–Kier alpha value is -3.23. The van der Waals surface area contributed by atoms with Crippen LogP contribution < -0.4 is 10.9 Å². The molecule has 8 heteroatoms. The summed E-state index contributed by atoms with van der Waals surface area (Å²) < 4.78 is 14.5. The Balaban J connectivity index is 1.60. The quantitative estimate of drug-likeness (QED) is 0.239. The van der Waals surface area contributed by atoms with Crippen molar-refractivity contribution in [1.29, 1.82) is 0 Å². The summed E-state index contributed by atoms with van der Waals surface area (Å²) in [5, 5.41) is 3.71. The van der Waals surface area contributed by atoms with Crippen LogP contribution in [0, 0.1) is 5.82 Å². The van der Waals surface area contributed by atoms with Crippen LogP contribution in [0.5, 0.6) is 0 Å². The third-order valence-electron chi connectivity index (χ3n) is 4.45. The second-order valence-electron chi connectivity index (χ2n) is 6.64. The summed E-state index contributed by atoms with van der Waals surface area (Å²) >= 11 is 2.62. The lowest BCUT2D eigenvalue weighted by atomic mass is 10.2. The zero-order valence-corrected chi connectivity index (χ0v) is 18.0. The largest absolute Gasteiger partial charge is 0.325 e. The molecule has 156 valence electrons. The first kappa shape index (κ1) is 21.0. The van der Waals surface area contributed by atoms with Crippen molar-refractivity contribution < 1.29 is 9.18 Å². The Morgan fingerprint density at radius 1 is 1.19 bits per heavy atom. The molecule has 1 amide bonds. The van der Waals surface area contributed by atoms with Gasteiger partial charge in [0.2, 0.25) is 5.91 Å². The Bertz CT molecular complexity index is 1300. The molecule has 31 heavy (non-hydrogen) atoms. The molecule has 0 atom stereocenters. The van der Waals surface area contributed by atoms with Gasteiger partial charge in [0.15, 0.2) is 5.16 Å². The third kappa shape index (κ3) is 4.76. The minimum absolute atomic E-state index is 0.0589. The number of rotatable bonds is 7. The maximum atomic E-state index is 13.1. The van der Waals surface area contributed by atoms with E-state index >= 15 is 0 Å². The van der Waals surface area contributed by atoms with Crippen molar-refractivity contribution in [2.24, 2.45) is 0 Å². The maximum absolute atomic E-state index is 13.1. The first-order valence-corrected chi connectivity index (χ1v) is 11.2. The number of carbonyl (C=O) groups is 1. The first-order chi connectivity index (χ1) is 15.0. The predicted molar refractivity (Wildman–Crippen MR) is 125 cm³/mol. The highest BCUT2D eigenvalue weighted by Gasteiger charge is 2.16. The van der Waals surface area contributed by atoms with Crippen LogP contribution in [0.25, 0.3) is 20.7 Å². The number of hydrogen-bond donors (Lipinski definition) is 1. The van der Waals surface area contributed by atoms with Gasteiger partial charge in [0.1, 0.15) is 10.6 Å². The molecule has 0 spiro atoms. The number of halogens is 1. The molecular formula is C23H18FN3O2S2. The van der Waals surface area contributed by atoms with Crippen molar-refractivity contribution in [1.82, 2.24) is 9.55 Å². The van der Waals surface area contributed by atoms with E-state index in [-0.39, 0.29) is 23.0 Å². The fraction of sp³-hybridized carbons (Fsp3) is 0.0870. The van der Waals surface area contributed by atoms with Crippen LogP contribution in [0.4, 0.5) is 10.1 Å². The average molecular weight is 452 g/mol. The Morgan fingerprint density at radius 2 is 1.94 bits per heavy atom. The van der Waals surface area contributed by atoms with Crippen LogP contribution in [0.2, 0.25) is 0 Å². The van der Waals surface area contributed by atoms with Gasteiger partial charge in [-0.3, -0.25) is 14.2 Å². The number of allylic oxidation sites excluding steroid dienone is 1.